The highest BCUT2D eigenvalue weighted by Crippen LogP contribution is 2.44. The average molecular weight is 502 g/mol. The SMILES string of the molecule is CC(C)(C)c1ccccc1[S+](c1ccccc1C(C)(C)C)c1ccccc1C(C)(C)C.FC(F)F. The minimum atomic E-state index is -3.67. The molecule has 0 heterocycles. The molecule has 0 bridgehead atoms. The molecule has 0 N–H and O–H groups in total. The van der Waals surface area contributed by atoms with Crippen molar-refractivity contribution in [1.29, 1.82) is 0 Å². The highest BCUT2D eigenvalue weighted by molar-refractivity contribution is 7.97. The van der Waals surface area contributed by atoms with E-state index in [4.69, 9.17) is 0 Å². The monoisotopic (exact) mass is 501 g/mol. The van der Waals surface area contributed by atoms with E-state index in [0.717, 1.165) is 0 Å². The molecule has 0 aliphatic rings. The number of hydrogen-bond acceptors (Lipinski definition) is 0. The van der Waals surface area contributed by atoms with Crippen molar-refractivity contribution in [2.75, 3.05) is 0 Å². The molecule has 3 rings (SSSR count). The first kappa shape index (κ1) is 29.0. The Kier molecular flexibility index (Phi) is 9.33. The molecule has 0 unspecified atom stereocenters. The Labute approximate surface area is 213 Å². The molecule has 0 atom stereocenters. The molecule has 0 nitrogen and oxygen atoms in total. The van der Waals surface area contributed by atoms with E-state index < -0.39 is 6.68 Å². The van der Waals surface area contributed by atoms with Crippen LogP contribution in [0.15, 0.2) is 87.5 Å². The van der Waals surface area contributed by atoms with E-state index in [1.165, 1.54) is 31.4 Å². The van der Waals surface area contributed by atoms with Crippen LogP contribution in [0.4, 0.5) is 13.2 Å². The zero-order valence-corrected chi connectivity index (χ0v) is 23.4. The molecule has 0 aliphatic carbocycles. The van der Waals surface area contributed by atoms with Gasteiger partial charge < -0.3 is 0 Å². The van der Waals surface area contributed by atoms with E-state index in [9.17, 15) is 13.2 Å². The van der Waals surface area contributed by atoms with Gasteiger partial charge in [-0.3, -0.25) is 0 Å². The molecular formula is C31H40F3S+. The van der Waals surface area contributed by atoms with Gasteiger partial charge in [0.05, 0.1) is 0 Å². The van der Waals surface area contributed by atoms with Crippen LogP contribution >= 0.6 is 0 Å². The zero-order valence-electron chi connectivity index (χ0n) is 22.5. The summed E-state index contributed by atoms with van der Waals surface area (Å²) in [5.41, 5.74) is 4.54. The number of hydrogen-bond donors (Lipinski definition) is 0. The standard InChI is InChI=1S/C30H39S.CHF3/c1-28(2,3)22-16-10-13-19-25(22)31(26-20-14-11-17-23(26)29(4,5)6)27-21-15-12-18-24(27)30(7,8)9;2-1(3)4/h10-21H,1-9H3;1H/q+1;. The largest absolute Gasteiger partial charge is 0.379 e. The fourth-order valence-electron chi connectivity index (χ4n) is 4.15. The van der Waals surface area contributed by atoms with Gasteiger partial charge in [-0.25, -0.2) is 0 Å². The van der Waals surface area contributed by atoms with Crippen molar-refractivity contribution in [2.24, 2.45) is 0 Å². The second-order valence-corrected chi connectivity index (χ2v) is 13.7. The van der Waals surface area contributed by atoms with E-state index in [1.54, 1.807) is 0 Å². The summed E-state index contributed by atoms with van der Waals surface area (Å²) in [6.07, 6.45) is 0. The van der Waals surface area contributed by atoms with Crippen LogP contribution in [0.5, 0.6) is 0 Å². The van der Waals surface area contributed by atoms with Crippen LogP contribution in [0.3, 0.4) is 0 Å². The molecule has 0 radical (unpaired) electrons. The number of alkyl halides is 3. The van der Waals surface area contributed by atoms with Gasteiger partial charge in [0.2, 0.25) is 0 Å². The Hall–Kier alpha value is -2.20. The van der Waals surface area contributed by atoms with Crippen LogP contribution in [-0.2, 0) is 27.1 Å². The summed E-state index contributed by atoms with van der Waals surface area (Å²) in [5.74, 6) is 0. The summed E-state index contributed by atoms with van der Waals surface area (Å²) >= 11 is 0. The molecule has 0 spiro atoms. The van der Waals surface area contributed by atoms with Gasteiger partial charge in [0.25, 0.3) is 0 Å². The number of halogens is 3. The smallest absolute Gasteiger partial charge is 0.174 e. The lowest BCUT2D eigenvalue weighted by Gasteiger charge is -2.28. The van der Waals surface area contributed by atoms with Crippen LogP contribution in [-0.4, -0.2) is 6.68 Å². The van der Waals surface area contributed by atoms with Gasteiger partial charge in [0, 0.05) is 16.7 Å². The summed E-state index contributed by atoms with van der Waals surface area (Å²) in [6, 6.07) is 27.3. The highest BCUT2D eigenvalue weighted by atomic mass is 32.2. The molecule has 0 saturated carbocycles. The van der Waals surface area contributed by atoms with E-state index in [1.807, 2.05) is 0 Å². The zero-order chi connectivity index (χ0) is 26.6. The first-order valence-electron chi connectivity index (χ1n) is 12.0. The minimum absolute atomic E-state index is 0.0786. The van der Waals surface area contributed by atoms with Gasteiger partial charge in [-0.15, -0.1) is 0 Å². The summed E-state index contributed by atoms with van der Waals surface area (Å²) in [6.45, 7) is 17.3. The summed E-state index contributed by atoms with van der Waals surface area (Å²) < 4.78 is 29.0. The highest BCUT2D eigenvalue weighted by Gasteiger charge is 2.40. The third kappa shape index (κ3) is 7.64. The summed E-state index contributed by atoms with van der Waals surface area (Å²) in [5, 5.41) is 0. The van der Waals surface area contributed by atoms with Crippen LogP contribution in [0, 0.1) is 0 Å². The first-order chi connectivity index (χ1) is 16.0. The first-order valence-corrected chi connectivity index (χ1v) is 13.2. The predicted molar refractivity (Wildman–Crippen MR) is 145 cm³/mol. The van der Waals surface area contributed by atoms with E-state index in [2.05, 4.69) is 135 Å². The molecule has 3 aromatic rings. The predicted octanol–water partition coefficient (Wildman–Crippen LogP) is 9.85. The van der Waals surface area contributed by atoms with Crippen LogP contribution in [0.1, 0.15) is 79.0 Å². The van der Waals surface area contributed by atoms with E-state index >= 15 is 0 Å². The van der Waals surface area contributed by atoms with Crippen LogP contribution in [0.25, 0.3) is 0 Å². The van der Waals surface area contributed by atoms with Crippen molar-refractivity contribution in [3.05, 3.63) is 89.5 Å². The van der Waals surface area contributed by atoms with Gasteiger partial charge in [-0.05, 0) is 34.4 Å². The molecule has 0 aliphatic heterocycles. The maximum absolute atomic E-state index is 9.67. The van der Waals surface area contributed by atoms with Crippen molar-refractivity contribution in [1.82, 2.24) is 0 Å². The van der Waals surface area contributed by atoms with Gasteiger partial charge >= 0.3 is 6.68 Å². The summed E-state index contributed by atoms with van der Waals surface area (Å²) in [7, 11) is -0.189. The molecule has 0 aromatic heterocycles. The lowest BCUT2D eigenvalue weighted by molar-refractivity contribution is 0.00819. The second kappa shape index (κ2) is 11.2. The Morgan fingerprint density at radius 2 is 0.657 bits per heavy atom. The van der Waals surface area contributed by atoms with Crippen molar-refractivity contribution in [3.8, 4) is 0 Å². The fourth-order valence-corrected chi connectivity index (χ4v) is 7.29. The van der Waals surface area contributed by atoms with Crippen molar-refractivity contribution in [2.45, 2.75) is 99.9 Å². The van der Waals surface area contributed by atoms with Crippen LogP contribution < -0.4 is 0 Å². The van der Waals surface area contributed by atoms with Gasteiger partial charge in [0.15, 0.2) is 14.7 Å². The minimum Gasteiger partial charge on any atom is -0.174 e. The molecule has 0 fully saturated rings. The van der Waals surface area contributed by atoms with Gasteiger partial charge in [-0.1, -0.05) is 117 Å². The molecule has 3 aromatic carbocycles. The number of benzene rings is 3. The van der Waals surface area contributed by atoms with E-state index in [-0.39, 0.29) is 27.1 Å². The molecule has 4 heteroatoms. The molecular weight excluding hydrogens is 461 g/mol. The lowest BCUT2D eigenvalue weighted by Crippen LogP contribution is -2.23. The maximum Gasteiger partial charge on any atom is 0.379 e. The number of rotatable bonds is 3. The third-order valence-corrected chi connectivity index (χ3v) is 8.13. The van der Waals surface area contributed by atoms with Crippen molar-refractivity contribution >= 4 is 10.9 Å². The molecule has 35 heavy (non-hydrogen) atoms. The Morgan fingerprint density at radius 3 is 0.857 bits per heavy atom. The normalized spacial score (nSPS) is 12.5. The second-order valence-electron chi connectivity index (χ2n) is 11.8. The molecule has 190 valence electrons. The third-order valence-electron chi connectivity index (χ3n) is 5.74. The van der Waals surface area contributed by atoms with Crippen molar-refractivity contribution < 1.29 is 13.2 Å². The quantitative estimate of drug-likeness (QED) is 0.313. The fraction of sp³-hybridized carbons (Fsp3) is 0.419. The van der Waals surface area contributed by atoms with Crippen molar-refractivity contribution in [3.63, 3.8) is 0 Å². The summed E-state index contributed by atoms with van der Waals surface area (Å²) in [4.78, 5) is 4.34. The maximum atomic E-state index is 9.67. The lowest BCUT2D eigenvalue weighted by atomic mass is 9.87. The Balaban J connectivity index is 0.00000100. The molecule has 0 saturated heterocycles. The molecule has 0 amide bonds. The van der Waals surface area contributed by atoms with Gasteiger partial charge in [-0.2, -0.15) is 13.2 Å². The topological polar surface area (TPSA) is 0 Å². The van der Waals surface area contributed by atoms with Crippen LogP contribution in [0.2, 0.25) is 0 Å². The Morgan fingerprint density at radius 1 is 0.457 bits per heavy atom. The van der Waals surface area contributed by atoms with Gasteiger partial charge in [0.1, 0.15) is 10.9 Å². The average Bonchev–Trinajstić information content (AvgIpc) is 2.72. The van der Waals surface area contributed by atoms with E-state index in [0.29, 0.717) is 0 Å². The Bertz CT molecular complexity index is 959.